The lowest BCUT2D eigenvalue weighted by Gasteiger charge is -2.28. The second kappa shape index (κ2) is 6.69. The molecule has 0 saturated carbocycles. The monoisotopic (exact) mass is 395 g/mol. The van der Waals surface area contributed by atoms with E-state index in [9.17, 15) is 0 Å². The lowest BCUT2D eigenvalue weighted by Crippen LogP contribution is -2.30. The summed E-state index contributed by atoms with van der Waals surface area (Å²) < 4.78 is 2.13. The van der Waals surface area contributed by atoms with E-state index in [0.29, 0.717) is 10.3 Å². The molecule has 3 aromatic heterocycles. The third-order valence-corrected chi connectivity index (χ3v) is 6.25. The van der Waals surface area contributed by atoms with Crippen molar-refractivity contribution in [1.29, 1.82) is 0 Å². The maximum atomic E-state index is 6.02. The number of rotatable bonds is 3. The highest BCUT2D eigenvalue weighted by molar-refractivity contribution is 8.14. The lowest BCUT2D eigenvalue weighted by molar-refractivity contribution is 0.312. The van der Waals surface area contributed by atoms with Gasteiger partial charge in [-0.25, -0.2) is 4.98 Å². The van der Waals surface area contributed by atoms with E-state index in [0.717, 1.165) is 28.9 Å². The Hall–Kier alpha value is -2.31. The van der Waals surface area contributed by atoms with E-state index in [1.807, 2.05) is 48.4 Å². The fraction of sp³-hybridized carbons (Fsp3) is 0.250. The molecule has 1 fully saturated rings. The topological polar surface area (TPSA) is 46.3 Å². The van der Waals surface area contributed by atoms with Gasteiger partial charge in [0.05, 0.1) is 16.8 Å². The number of pyridine rings is 2. The van der Waals surface area contributed by atoms with Gasteiger partial charge in [-0.3, -0.25) is 9.98 Å². The summed E-state index contributed by atoms with van der Waals surface area (Å²) in [5, 5.41) is 2.28. The first-order valence-electron chi connectivity index (χ1n) is 8.92. The average Bonchev–Trinajstić information content (AvgIpc) is 3.37. The summed E-state index contributed by atoms with van der Waals surface area (Å²) in [6.45, 7) is 3.23. The first-order valence-corrected chi connectivity index (χ1v) is 10.2. The van der Waals surface area contributed by atoms with E-state index < -0.39 is 0 Å². The molecule has 3 aromatic rings. The van der Waals surface area contributed by atoms with Crippen molar-refractivity contribution in [2.45, 2.75) is 24.3 Å². The van der Waals surface area contributed by atoms with Crippen molar-refractivity contribution in [3.8, 4) is 5.82 Å². The van der Waals surface area contributed by atoms with Crippen LogP contribution in [0.2, 0.25) is 5.02 Å². The molecule has 0 amide bonds. The van der Waals surface area contributed by atoms with Crippen molar-refractivity contribution in [1.82, 2.24) is 19.4 Å². The molecule has 7 heteroatoms. The molecule has 2 aliphatic heterocycles. The molecule has 1 saturated heterocycles. The van der Waals surface area contributed by atoms with Gasteiger partial charge < -0.3 is 9.47 Å². The van der Waals surface area contributed by atoms with Crippen LogP contribution in [0.25, 0.3) is 5.82 Å². The van der Waals surface area contributed by atoms with E-state index >= 15 is 0 Å². The Morgan fingerprint density at radius 2 is 2.04 bits per heavy atom. The average molecular weight is 396 g/mol. The van der Waals surface area contributed by atoms with Gasteiger partial charge in [0.25, 0.3) is 0 Å². The molecule has 0 radical (unpaired) electrons. The molecule has 2 aliphatic rings. The van der Waals surface area contributed by atoms with E-state index in [-0.39, 0.29) is 12.1 Å². The largest absolute Gasteiger partial charge is 0.339 e. The summed E-state index contributed by atoms with van der Waals surface area (Å²) >= 11 is 7.87. The number of nitrogens with zero attached hydrogens (tertiary/aromatic N) is 5. The van der Waals surface area contributed by atoms with Crippen LogP contribution in [0.5, 0.6) is 0 Å². The number of fused-ring (bicyclic) bond motifs is 1. The van der Waals surface area contributed by atoms with Crippen molar-refractivity contribution >= 4 is 28.5 Å². The highest BCUT2D eigenvalue weighted by atomic mass is 35.5. The fourth-order valence-electron chi connectivity index (χ4n) is 3.79. The summed E-state index contributed by atoms with van der Waals surface area (Å²) in [6.07, 6.45) is 5.57. The standard InChI is InChI=1S/C20H18ClN5S/c1-13-12-26-19(18(24-20(26)27-13)15-5-2-3-9-22-15)16-6-4-10-25(16)17-8-7-14(21)11-23-17/h2-11,13,18-19H,12H2,1H3/t13-,18+,19-/m1/s1. The van der Waals surface area contributed by atoms with Crippen LogP contribution in [0.3, 0.4) is 0 Å². The molecule has 0 aromatic carbocycles. The number of thioether (sulfide) groups is 1. The summed E-state index contributed by atoms with van der Waals surface area (Å²) in [6, 6.07) is 14.1. The molecule has 5 rings (SSSR count). The first kappa shape index (κ1) is 16.8. The zero-order chi connectivity index (χ0) is 18.4. The molecule has 0 aliphatic carbocycles. The molecule has 5 nitrogen and oxygen atoms in total. The predicted octanol–water partition coefficient (Wildman–Crippen LogP) is 4.51. The van der Waals surface area contributed by atoms with Crippen LogP contribution < -0.4 is 0 Å². The van der Waals surface area contributed by atoms with Gasteiger partial charge in [0.1, 0.15) is 11.9 Å². The van der Waals surface area contributed by atoms with Gasteiger partial charge in [0, 0.05) is 36.1 Å². The number of amidine groups is 1. The molecule has 0 N–H and O–H groups in total. The normalized spacial score (nSPS) is 24.1. The molecule has 5 heterocycles. The number of aromatic nitrogens is 3. The number of hydrogen-bond donors (Lipinski definition) is 0. The van der Waals surface area contributed by atoms with E-state index in [2.05, 4.69) is 44.6 Å². The van der Waals surface area contributed by atoms with Gasteiger partial charge in [-0.1, -0.05) is 36.4 Å². The van der Waals surface area contributed by atoms with Crippen molar-refractivity contribution in [2.75, 3.05) is 6.54 Å². The minimum Gasteiger partial charge on any atom is -0.339 e. The Balaban J connectivity index is 1.60. The smallest absolute Gasteiger partial charge is 0.160 e. The van der Waals surface area contributed by atoms with Gasteiger partial charge in [-0.15, -0.1) is 0 Å². The molecule has 136 valence electrons. The SMILES string of the molecule is C[C@@H]1CN2C(=N[C@@H](c3ccccn3)[C@H]2c2cccn2-c2ccc(Cl)cn2)S1. The molecule has 0 bridgehead atoms. The van der Waals surface area contributed by atoms with Gasteiger partial charge in [0.15, 0.2) is 5.17 Å². The summed E-state index contributed by atoms with van der Waals surface area (Å²) in [7, 11) is 0. The molecule has 27 heavy (non-hydrogen) atoms. The molecule has 3 atom stereocenters. The van der Waals surface area contributed by atoms with Crippen molar-refractivity contribution in [2.24, 2.45) is 4.99 Å². The van der Waals surface area contributed by atoms with E-state index in [1.165, 1.54) is 0 Å². The third kappa shape index (κ3) is 2.93. The van der Waals surface area contributed by atoms with Crippen LogP contribution in [-0.4, -0.2) is 36.4 Å². The summed E-state index contributed by atoms with van der Waals surface area (Å²) in [4.78, 5) is 16.6. The number of hydrogen-bond acceptors (Lipinski definition) is 5. The predicted molar refractivity (Wildman–Crippen MR) is 109 cm³/mol. The molecular formula is C20H18ClN5S. The van der Waals surface area contributed by atoms with Gasteiger partial charge in [-0.05, 0) is 36.4 Å². The van der Waals surface area contributed by atoms with Crippen LogP contribution in [0.1, 0.15) is 30.4 Å². The third-order valence-electron chi connectivity index (χ3n) is 4.92. The fourth-order valence-corrected chi connectivity index (χ4v) is 5.00. The maximum absolute atomic E-state index is 6.02. The maximum Gasteiger partial charge on any atom is 0.160 e. The minimum absolute atomic E-state index is 0.0258. The Labute approximate surface area is 167 Å². The Morgan fingerprint density at radius 1 is 1.11 bits per heavy atom. The van der Waals surface area contributed by atoms with Crippen molar-refractivity contribution in [3.05, 3.63) is 77.5 Å². The van der Waals surface area contributed by atoms with Crippen molar-refractivity contribution in [3.63, 3.8) is 0 Å². The van der Waals surface area contributed by atoms with E-state index in [4.69, 9.17) is 16.6 Å². The minimum atomic E-state index is -0.0258. The molecule has 0 unspecified atom stereocenters. The van der Waals surface area contributed by atoms with Gasteiger partial charge in [0.2, 0.25) is 0 Å². The second-order valence-corrected chi connectivity index (χ2v) is 8.62. The summed E-state index contributed by atoms with van der Waals surface area (Å²) in [5.74, 6) is 0.854. The van der Waals surface area contributed by atoms with Crippen LogP contribution >= 0.6 is 23.4 Å². The Morgan fingerprint density at radius 3 is 2.81 bits per heavy atom. The highest BCUT2D eigenvalue weighted by Crippen LogP contribution is 2.47. The van der Waals surface area contributed by atoms with E-state index in [1.54, 1.807) is 6.20 Å². The van der Waals surface area contributed by atoms with Crippen LogP contribution in [0.4, 0.5) is 0 Å². The van der Waals surface area contributed by atoms with Gasteiger partial charge >= 0.3 is 0 Å². The summed E-state index contributed by atoms with van der Waals surface area (Å²) in [5.41, 5.74) is 2.16. The lowest BCUT2D eigenvalue weighted by atomic mass is 10.0. The van der Waals surface area contributed by atoms with Crippen LogP contribution in [0, 0.1) is 0 Å². The number of aliphatic imine (C=N–C) groups is 1. The van der Waals surface area contributed by atoms with Crippen LogP contribution in [0.15, 0.2) is 66.0 Å². The molecular weight excluding hydrogens is 378 g/mol. The second-order valence-electron chi connectivity index (χ2n) is 6.77. The van der Waals surface area contributed by atoms with Gasteiger partial charge in [-0.2, -0.15) is 0 Å². The number of halogens is 1. The highest BCUT2D eigenvalue weighted by Gasteiger charge is 2.44. The van der Waals surface area contributed by atoms with Crippen molar-refractivity contribution < 1.29 is 0 Å². The quantitative estimate of drug-likeness (QED) is 0.654. The Kier molecular flexibility index (Phi) is 4.17. The zero-order valence-corrected chi connectivity index (χ0v) is 16.3. The first-order chi connectivity index (χ1) is 13.2. The Bertz CT molecular complexity index is 985. The zero-order valence-electron chi connectivity index (χ0n) is 14.7. The van der Waals surface area contributed by atoms with Crippen LogP contribution in [-0.2, 0) is 0 Å². The molecule has 0 spiro atoms.